The maximum absolute atomic E-state index is 13.4. The number of unbranched alkanes of at least 4 members (excludes halogenated alkanes) is 2. The van der Waals surface area contributed by atoms with Crippen LogP contribution in [0.3, 0.4) is 0 Å². The van der Waals surface area contributed by atoms with E-state index in [1.54, 1.807) is 0 Å². The van der Waals surface area contributed by atoms with Crippen molar-refractivity contribution in [2.45, 2.75) is 25.7 Å². The van der Waals surface area contributed by atoms with E-state index in [4.69, 9.17) is 5.73 Å². The van der Waals surface area contributed by atoms with Crippen molar-refractivity contribution in [1.82, 2.24) is 0 Å². The van der Waals surface area contributed by atoms with Crippen LogP contribution in [0.5, 0.6) is 0 Å². The number of hydrogen-bond donors (Lipinski definition) is 2. The van der Waals surface area contributed by atoms with E-state index in [9.17, 15) is 13.6 Å². The van der Waals surface area contributed by atoms with Gasteiger partial charge in [0.1, 0.15) is 5.69 Å². The number of benzene rings is 1. The topological polar surface area (TPSA) is 55.1 Å². The molecule has 0 atom stereocenters. The molecule has 1 amide bonds. The highest BCUT2D eigenvalue weighted by Gasteiger charge is 2.13. The van der Waals surface area contributed by atoms with Gasteiger partial charge in [0.25, 0.3) is 0 Å². The Hall–Kier alpha value is -1.01. The SMILES string of the molecule is NCCCCCC(=O)Nc1c(F)cc(Br)cc1F. The second-order valence-corrected chi connectivity index (χ2v) is 4.81. The third-order valence-electron chi connectivity index (χ3n) is 2.38. The average Bonchev–Trinajstić information content (AvgIpc) is 2.29. The highest BCUT2D eigenvalue weighted by Crippen LogP contribution is 2.23. The van der Waals surface area contributed by atoms with Gasteiger partial charge in [-0.3, -0.25) is 4.79 Å². The summed E-state index contributed by atoms with van der Waals surface area (Å²) in [6, 6.07) is 2.21. The number of hydrogen-bond acceptors (Lipinski definition) is 2. The number of rotatable bonds is 6. The molecule has 0 saturated heterocycles. The maximum Gasteiger partial charge on any atom is 0.224 e. The van der Waals surface area contributed by atoms with Crippen LogP contribution >= 0.6 is 15.9 Å². The van der Waals surface area contributed by atoms with Crippen molar-refractivity contribution in [3.8, 4) is 0 Å². The number of nitrogens with one attached hydrogen (secondary N) is 1. The van der Waals surface area contributed by atoms with Gasteiger partial charge in [-0.2, -0.15) is 0 Å². The third kappa shape index (κ3) is 4.70. The van der Waals surface area contributed by atoms with Gasteiger partial charge >= 0.3 is 0 Å². The van der Waals surface area contributed by atoms with Crippen LogP contribution < -0.4 is 11.1 Å². The third-order valence-corrected chi connectivity index (χ3v) is 2.84. The van der Waals surface area contributed by atoms with E-state index < -0.39 is 23.2 Å². The van der Waals surface area contributed by atoms with E-state index in [0.29, 0.717) is 17.4 Å². The van der Waals surface area contributed by atoms with Crippen molar-refractivity contribution in [3.05, 3.63) is 28.2 Å². The van der Waals surface area contributed by atoms with Crippen molar-refractivity contribution < 1.29 is 13.6 Å². The summed E-state index contributed by atoms with van der Waals surface area (Å²) in [6.45, 7) is 0.581. The van der Waals surface area contributed by atoms with Crippen molar-refractivity contribution >= 4 is 27.5 Å². The van der Waals surface area contributed by atoms with E-state index in [-0.39, 0.29) is 6.42 Å². The van der Waals surface area contributed by atoms with Crippen LogP contribution in [-0.4, -0.2) is 12.5 Å². The van der Waals surface area contributed by atoms with Crippen LogP contribution in [0.2, 0.25) is 0 Å². The molecule has 18 heavy (non-hydrogen) atoms. The fourth-order valence-electron chi connectivity index (χ4n) is 1.47. The minimum atomic E-state index is -0.794. The number of carbonyl (C=O) groups excluding carboxylic acids is 1. The summed E-state index contributed by atoms with van der Waals surface area (Å²) in [5.41, 5.74) is 4.92. The Morgan fingerprint density at radius 3 is 2.39 bits per heavy atom. The van der Waals surface area contributed by atoms with Crippen molar-refractivity contribution in [3.63, 3.8) is 0 Å². The monoisotopic (exact) mass is 320 g/mol. The molecule has 0 radical (unpaired) electrons. The van der Waals surface area contributed by atoms with Gasteiger partial charge in [-0.05, 0) is 31.5 Å². The minimum absolute atomic E-state index is 0.231. The first-order valence-electron chi connectivity index (χ1n) is 5.69. The Kier molecular flexibility index (Phi) is 6.21. The second kappa shape index (κ2) is 7.43. The molecule has 0 unspecified atom stereocenters. The van der Waals surface area contributed by atoms with Crippen LogP contribution in [0.25, 0.3) is 0 Å². The van der Waals surface area contributed by atoms with E-state index in [1.807, 2.05) is 0 Å². The Bertz CT molecular complexity index is 404. The van der Waals surface area contributed by atoms with Crippen LogP contribution in [0, 0.1) is 11.6 Å². The molecule has 0 aliphatic rings. The number of nitrogens with two attached hydrogens (primary N) is 1. The molecule has 0 spiro atoms. The van der Waals surface area contributed by atoms with Gasteiger partial charge in [0.05, 0.1) is 0 Å². The maximum atomic E-state index is 13.4. The zero-order chi connectivity index (χ0) is 13.5. The summed E-state index contributed by atoms with van der Waals surface area (Å²) in [6.07, 6.45) is 2.56. The van der Waals surface area contributed by atoms with E-state index in [1.165, 1.54) is 0 Å². The summed E-state index contributed by atoms with van der Waals surface area (Å²) in [5, 5.41) is 2.24. The van der Waals surface area contributed by atoms with Gasteiger partial charge < -0.3 is 11.1 Å². The van der Waals surface area contributed by atoms with Crippen molar-refractivity contribution in [2.75, 3.05) is 11.9 Å². The smallest absolute Gasteiger partial charge is 0.224 e. The molecule has 0 aromatic heterocycles. The van der Waals surface area contributed by atoms with Gasteiger partial charge in [-0.1, -0.05) is 22.4 Å². The summed E-state index contributed by atoms with van der Waals surface area (Å²) in [4.78, 5) is 11.5. The van der Waals surface area contributed by atoms with Crippen LogP contribution in [-0.2, 0) is 4.79 Å². The summed E-state index contributed by atoms with van der Waals surface area (Å²) in [5.74, 6) is -1.98. The van der Waals surface area contributed by atoms with Crippen molar-refractivity contribution in [2.24, 2.45) is 5.73 Å². The molecule has 0 saturated carbocycles. The first kappa shape index (κ1) is 15.0. The molecule has 0 aliphatic heterocycles. The van der Waals surface area contributed by atoms with Gasteiger partial charge in [0.2, 0.25) is 5.91 Å². The minimum Gasteiger partial charge on any atom is -0.330 e. The normalized spacial score (nSPS) is 10.4. The zero-order valence-corrected chi connectivity index (χ0v) is 11.4. The molecule has 0 heterocycles. The molecule has 3 N–H and O–H groups in total. The molecule has 3 nitrogen and oxygen atoms in total. The zero-order valence-electron chi connectivity index (χ0n) is 9.81. The van der Waals surface area contributed by atoms with Crippen LogP contribution in [0.15, 0.2) is 16.6 Å². The average molecular weight is 321 g/mol. The lowest BCUT2D eigenvalue weighted by Gasteiger charge is -2.08. The standard InChI is InChI=1S/C12H15BrF2N2O/c13-8-6-9(14)12(10(15)7-8)17-11(18)4-2-1-3-5-16/h6-7H,1-5,16H2,(H,17,18). The van der Waals surface area contributed by atoms with Gasteiger partial charge in [0.15, 0.2) is 11.6 Å². The largest absolute Gasteiger partial charge is 0.330 e. The molecular formula is C12H15BrF2N2O. The summed E-state index contributed by atoms with van der Waals surface area (Å²) >= 11 is 2.97. The molecular weight excluding hydrogens is 306 g/mol. The number of halogens is 3. The van der Waals surface area contributed by atoms with E-state index in [2.05, 4.69) is 21.2 Å². The van der Waals surface area contributed by atoms with Crippen LogP contribution in [0.4, 0.5) is 14.5 Å². The first-order valence-corrected chi connectivity index (χ1v) is 6.48. The molecule has 1 rings (SSSR count). The highest BCUT2D eigenvalue weighted by molar-refractivity contribution is 9.10. The fourth-order valence-corrected chi connectivity index (χ4v) is 1.87. The molecule has 100 valence electrons. The Balaban J connectivity index is 2.54. The molecule has 1 aromatic rings. The van der Waals surface area contributed by atoms with Gasteiger partial charge in [-0.15, -0.1) is 0 Å². The van der Waals surface area contributed by atoms with Crippen molar-refractivity contribution in [1.29, 1.82) is 0 Å². The summed E-state index contributed by atoms with van der Waals surface area (Å²) in [7, 11) is 0. The quantitative estimate of drug-likeness (QED) is 0.791. The van der Waals surface area contributed by atoms with E-state index in [0.717, 1.165) is 25.0 Å². The molecule has 6 heteroatoms. The Labute approximate surface area is 113 Å². The lowest BCUT2D eigenvalue weighted by molar-refractivity contribution is -0.116. The van der Waals surface area contributed by atoms with Crippen LogP contribution in [0.1, 0.15) is 25.7 Å². The lowest BCUT2D eigenvalue weighted by Crippen LogP contribution is -2.14. The Morgan fingerprint density at radius 1 is 1.22 bits per heavy atom. The molecule has 0 bridgehead atoms. The van der Waals surface area contributed by atoms with Gasteiger partial charge in [0, 0.05) is 10.9 Å². The number of anilines is 1. The predicted molar refractivity (Wildman–Crippen MR) is 70.2 cm³/mol. The molecule has 0 aliphatic carbocycles. The lowest BCUT2D eigenvalue weighted by atomic mass is 10.2. The fraction of sp³-hybridized carbons (Fsp3) is 0.417. The predicted octanol–water partition coefficient (Wildman–Crippen LogP) is 3.18. The first-order chi connectivity index (χ1) is 8.54. The summed E-state index contributed by atoms with van der Waals surface area (Å²) < 4.78 is 27.1. The Morgan fingerprint density at radius 2 is 1.83 bits per heavy atom. The van der Waals surface area contributed by atoms with Gasteiger partial charge in [-0.25, -0.2) is 8.78 Å². The highest BCUT2D eigenvalue weighted by atomic mass is 79.9. The molecule has 0 fully saturated rings. The number of amides is 1. The number of carbonyl (C=O) groups is 1. The van der Waals surface area contributed by atoms with E-state index >= 15 is 0 Å². The second-order valence-electron chi connectivity index (χ2n) is 3.89. The molecule has 1 aromatic carbocycles.